The number of aromatic nitrogens is 2. The van der Waals surface area contributed by atoms with Crippen LogP contribution < -0.4 is 5.32 Å². The molecule has 0 aliphatic carbocycles. The van der Waals surface area contributed by atoms with Crippen LogP contribution in [0.25, 0.3) is 5.69 Å². The van der Waals surface area contributed by atoms with Crippen molar-refractivity contribution in [1.29, 1.82) is 0 Å². The molecule has 7 heteroatoms. The lowest BCUT2D eigenvalue weighted by Crippen LogP contribution is -2.42. The van der Waals surface area contributed by atoms with E-state index in [0.717, 1.165) is 11.3 Å². The van der Waals surface area contributed by atoms with Gasteiger partial charge in [0, 0.05) is 0 Å². The highest BCUT2D eigenvalue weighted by atomic mass is 19.1. The van der Waals surface area contributed by atoms with Crippen LogP contribution in [-0.4, -0.2) is 39.5 Å². The van der Waals surface area contributed by atoms with E-state index in [9.17, 15) is 14.0 Å². The second-order valence-corrected chi connectivity index (χ2v) is 5.86. The van der Waals surface area contributed by atoms with Crippen molar-refractivity contribution in [3.05, 3.63) is 47.3 Å². The molecule has 6 nitrogen and oxygen atoms in total. The van der Waals surface area contributed by atoms with E-state index < -0.39 is 24.6 Å². The number of carboxylic acid groups (broad SMARTS) is 1. The van der Waals surface area contributed by atoms with Crippen molar-refractivity contribution < 1.29 is 19.1 Å². The Bertz CT molecular complexity index is 738. The average molecular weight is 333 g/mol. The van der Waals surface area contributed by atoms with Crippen molar-refractivity contribution in [2.75, 3.05) is 6.67 Å². The molecule has 1 aromatic heterocycles. The van der Waals surface area contributed by atoms with Gasteiger partial charge in [0.05, 0.1) is 23.1 Å². The summed E-state index contributed by atoms with van der Waals surface area (Å²) < 4.78 is 14.4. The quantitative estimate of drug-likeness (QED) is 0.850. The van der Waals surface area contributed by atoms with Gasteiger partial charge in [-0.05, 0) is 25.0 Å². The molecule has 0 bridgehead atoms. The van der Waals surface area contributed by atoms with Crippen molar-refractivity contribution in [2.45, 2.75) is 32.7 Å². The number of rotatable bonds is 6. The Labute approximate surface area is 139 Å². The number of nitrogens with zero attached hydrogens (tertiary/aromatic N) is 2. The van der Waals surface area contributed by atoms with E-state index in [0.29, 0.717) is 5.69 Å². The highest BCUT2D eigenvalue weighted by Crippen LogP contribution is 2.23. The Morgan fingerprint density at radius 1 is 1.29 bits per heavy atom. The fraction of sp³-hybridized carbons (Fsp3) is 0.353. The summed E-state index contributed by atoms with van der Waals surface area (Å²) in [5.74, 6) is -2.10. The largest absolute Gasteiger partial charge is 0.480 e. The SMILES string of the molecule is Cc1ccc(-n2ncc(C(=O)NC(CF)C(=O)O)c2C(C)C)cc1. The highest BCUT2D eigenvalue weighted by Gasteiger charge is 2.25. The summed E-state index contributed by atoms with van der Waals surface area (Å²) >= 11 is 0. The molecule has 2 rings (SSSR count). The molecule has 1 aromatic carbocycles. The van der Waals surface area contributed by atoms with Crippen LogP contribution >= 0.6 is 0 Å². The predicted octanol–water partition coefficient (Wildman–Crippen LogP) is 2.46. The van der Waals surface area contributed by atoms with Gasteiger partial charge in [0.25, 0.3) is 5.91 Å². The Hall–Kier alpha value is -2.70. The summed E-state index contributed by atoms with van der Waals surface area (Å²) in [6.07, 6.45) is 1.38. The van der Waals surface area contributed by atoms with Crippen molar-refractivity contribution in [1.82, 2.24) is 15.1 Å². The number of carboxylic acids is 1. The maximum atomic E-state index is 12.7. The summed E-state index contributed by atoms with van der Waals surface area (Å²) in [6.45, 7) is 4.60. The van der Waals surface area contributed by atoms with E-state index in [4.69, 9.17) is 5.11 Å². The lowest BCUT2D eigenvalue weighted by Gasteiger charge is -2.14. The first-order valence-electron chi connectivity index (χ1n) is 7.59. The summed E-state index contributed by atoms with van der Waals surface area (Å²) in [5.41, 5.74) is 2.77. The molecule has 2 aromatic rings. The predicted molar refractivity (Wildman–Crippen MR) is 87.3 cm³/mol. The molecule has 0 saturated heterocycles. The Kier molecular flexibility index (Phi) is 5.33. The van der Waals surface area contributed by atoms with Crippen molar-refractivity contribution in [3.63, 3.8) is 0 Å². The lowest BCUT2D eigenvalue weighted by molar-refractivity contribution is -0.139. The van der Waals surface area contributed by atoms with Crippen LogP contribution in [0.15, 0.2) is 30.5 Å². The van der Waals surface area contributed by atoms with Crippen molar-refractivity contribution in [3.8, 4) is 5.69 Å². The van der Waals surface area contributed by atoms with Crippen LogP contribution in [-0.2, 0) is 4.79 Å². The average Bonchev–Trinajstić information content (AvgIpc) is 2.98. The summed E-state index contributed by atoms with van der Waals surface area (Å²) in [7, 11) is 0. The normalized spacial score (nSPS) is 12.2. The van der Waals surface area contributed by atoms with E-state index in [1.165, 1.54) is 6.20 Å². The first-order chi connectivity index (χ1) is 11.3. The van der Waals surface area contributed by atoms with E-state index in [-0.39, 0.29) is 11.5 Å². The summed E-state index contributed by atoms with van der Waals surface area (Å²) in [5, 5.41) is 15.3. The molecule has 0 spiro atoms. The third-order valence-corrected chi connectivity index (χ3v) is 3.63. The molecule has 0 fully saturated rings. The minimum Gasteiger partial charge on any atom is -0.480 e. The van der Waals surface area contributed by atoms with Crippen molar-refractivity contribution in [2.24, 2.45) is 0 Å². The Morgan fingerprint density at radius 2 is 1.92 bits per heavy atom. The third-order valence-electron chi connectivity index (χ3n) is 3.63. The van der Waals surface area contributed by atoms with Crippen LogP contribution in [0.4, 0.5) is 4.39 Å². The summed E-state index contributed by atoms with van der Waals surface area (Å²) in [6, 6.07) is 6.07. The van der Waals surface area contributed by atoms with Gasteiger partial charge in [-0.3, -0.25) is 4.79 Å². The fourth-order valence-corrected chi connectivity index (χ4v) is 2.38. The zero-order valence-electron chi connectivity index (χ0n) is 13.8. The van der Waals surface area contributed by atoms with Gasteiger partial charge in [-0.15, -0.1) is 0 Å². The smallest absolute Gasteiger partial charge is 0.328 e. The van der Waals surface area contributed by atoms with Crippen LogP contribution in [0.5, 0.6) is 0 Å². The fourth-order valence-electron chi connectivity index (χ4n) is 2.38. The minimum atomic E-state index is -1.57. The van der Waals surface area contributed by atoms with Gasteiger partial charge >= 0.3 is 5.97 Å². The lowest BCUT2D eigenvalue weighted by atomic mass is 10.0. The Morgan fingerprint density at radius 3 is 2.42 bits per heavy atom. The van der Waals surface area contributed by atoms with E-state index in [2.05, 4.69) is 10.4 Å². The molecule has 1 unspecified atom stereocenters. The maximum absolute atomic E-state index is 12.7. The monoisotopic (exact) mass is 333 g/mol. The molecule has 0 radical (unpaired) electrons. The topological polar surface area (TPSA) is 84.2 Å². The number of nitrogens with one attached hydrogen (secondary N) is 1. The number of alkyl halides is 1. The van der Waals surface area contributed by atoms with Gasteiger partial charge in [-0.25, -0.2) is 13.9 Å². The van der Waals surface area contributed by atoms with E-state index in [1.807, 2.05) is 45.0 Å². The number of carbonyl (C=O) groups excluding carboxylic acids is 1. The van der Waals surface area contributed by atoms with E-state index in [1.54, 1.807) is 4.68 Å². The molecule has 0 aliphatic rings. The zero-order valence-corrected chi connectivity index (χ0v) is 13.8. The van der Waals surface area contributed by atoms with Gasteiger partial charge in [0.2, 0.25) is 0 Å². The molecule has 1 heterocycles. The molecular weight excluding hydrogens is 313 g/mol. The van der Waals surface area contributed by atoms with Crippen LogP contribution in [0.2, 0.25) is 0 Å². The standard InChI is InChI=1S/C17H20FN3O3/c1-10(2)15-13(16(22)20-14(8-18)17(23)24)9-19-21(15)12-6-4-11(3)5-7-12/h4-7,9-10,14H,8H2,1-3H3,(H,20,22)(H,23,24). The maximum Gasteiger partial charge on any atom is 0.328 e. The molecule has 24 heavy (non-hydrogen) atoms. The second-order valence-electron chi connectivity index (χ2n) is 5.86. The number of amides is 1. The van der Waals surface area contributed by atoms with Crippen molar-refractivity contribution >= 4 is 11.9 Å². The first-order valence-corrected chi connectivity index (χ1v) is 7.59. The number of benzene rings is 1. The van der Waals surface area contributed by atoms with Gasteiger partial charge < -0.3 is 10.4 Å². The number of aryl methyl sites for hydroxylation is 1. The molecule has 2 N–H and O–H groups in total. The van der Waals surface area contributed by atoms with Crippen LogP contribution in [0.1, 0.15) is 41.4 Å². The minimum absolute atomic E-state index is 0.0387. The molecule has 0 aliphatic heterocycles. The third kappa shape index (κ3) is 3.61. The zero-order chi connectivity index (χ0) is 17.9. The number of halogens is 1. The van der Waals surface area contributed by atoms with Gasteiger partial charge in [0.15, 0.2) is 6.04 Å². The second kappa shape index (κ2) is 7.25. The van der Waals surface area contributed by atoms with E-state index >= 15 is 0 Å². The van der Waals surface area contributed by atoms with Gasteiger partial charge in [0.1, 0.15) is 6.67 Å². The Balaban J connectivity index is 2.39. The van der Waals surface area contributed by atoms with Crippen LogP contribution in [0, 0.1) is 6.92 Å². The first kappa shape index (κ1) is 17.7. The summed E-state index contributed by atoms with van der Waals surface area (Å²) in [4.78, 5) is 23.2. The molecule has 1 atom stereocenters. The van der Waals surface area contributed by atoms with Gasteiger partial charge in [-0.1, -0.05) is 31.5 Å². The molecule has 128 valence electrons. The molecule has 0 saturated carbocycles. The van der Waals surface area contributed by atoms with Crippen LogP contribution in [0.3, 0.4) is 0 Å². The molecule has 1 amide bonds. The number of carbonyl (C=O) groups is 2. The number of hydrogen-bond acceptors (Lipinski definition) is 3. The molecular formula is C17H20FN3O3. The number of aliphatic carboxylic acids is 1. The van der Waals surface area contributed by atoms with Gasteiger partial charge in [-0.2, -0.15) is 5.10 Å². The highest BCUT2D eigenvalue weighted by molar-refractivity contribution is 5.97. The number of hydrogen-bond donors (Lipinski definition) is 2.